The van der Waals surface area contributed by atoms with Crippen LogP contribution < -0.4 is 10.0 Å². The highest BCUT2D eigenvalue weighted by atomic mass is 32.2. The summed E-state index contributed by atoms with van der Waals surface area (Å²) in [5, 5.41) is 3.03. The molecule has 5 heteroatoms. The maximum atomic E-state index is 12.0. The summed E-state index contributed by atoms with van der Waals surface area (Å²) in [6.07, 6.45) is 4.99. The monoisotopic (exact) mass is 276 g/mol. The van der Waals surface area contributed by atoms with Crippen molar-refractivity contribution in [1.29, 1.82) is 0 Å². The molecule has 4 nitrogen and oxygen atoms in total. The minimum absolute atomic E-state index is 0.142. The van der Waals surface area contributed by atoms with Crippen LogP contribution in [0.1, 0.15) is 46.0 Å². The van der Waals surface area contributed by atoms with Gasteiger partial charge in [-0.2, -0.15) is 0 Å². The van der Waals surface area contributed by atoms with Crippen molar-refractivity contribution in [2.24, 2.45) is 11.8 Å². The fraction of sp³-hybridized carbons (Fsp3) is 1.00. The normalized spacial score (nSPS) is 29.4. The fourth-order valence-corrected chi connectivity index (χ4v) is 4.13. The van der Waals surface area contributed by atoms with Gasteiger partial charge < -0.3 is 5.32 Å². The lowest BCUT2D eigenvalue weighted by Gasteiger charge is -2.34. The van der Waals surface area contributed by atoms with Gasteiger partial charge in [0.15, 0.2) is 0 Å². The first-order chi connectivity index (χ1) is 8.46. The summed E-state index contributed by atoms with van der Waals surface area (Å²) >= 11 is 0. The molecule has 0 aromatic carbocycles. The summed E-state index contributed by atoms with van der Waals surface area (Å²) in [6, 6.07) is 0.142. The van der Waals surface area contributed by atoms with Gasteiger partial charge in [0.25, 0.3) is 0 Å². The molecular weight excluding hydrogens is 248 g/mol. The first-order valence-electron chi connectivity index (χ1n) is 7.11. The first-order valence-corrected chi connectivity index (χ1v) is 8.76. The fourth-order valence-electron chi connectivity index (χ4n) is 2.63. The number of rotatable bonds is 7. The van der Waals surface area contributed by atoms with Crippen molar-refractivity contribution in [3.63, 3.8) is 0 Å². The summed E-state index contributed by atoms with van der Waals surface area (Å²) in [4.78, 5) is 0. The van der Waals surface area contributed by atoms with Crippen molar-refractivity contribution in [3.8, 4) is 0 Å². The smallest absolute Gasteiger partial charge is 0.211 e. The molecule has 0 aromatic rings. The molecule has 1 saturated carbocycles. The van der Waals surface area contributed by atoms with Crippen LogP contribution in [0, 0.1) is 11.8 Å². The zero-order valence-corrected chi connectivity index (χ0v) is 12.7. The average molecular weight is 276 g/mol. The molecule has 0 bridgehead atoms. The molecule has 0 saturated heterocycles. The lowest BCUT2D eigenvalue weighted by Crippen LogP contribution is -2.44. The van der Waals surface area contributed by atoms with Gasteiger partial charge in [0.1, 0.15) is 0 Å². The highest BCUT2D eigenvalue weighted by Gasteiger charge is 2.29. The Morgan fingerprint density at radius 1 is 1.17 bits per heavy atom. The van der Waals surface area contributed by atoms with Gasteiger partial charge in [0.2, 0.25) is 10.0 Å². The Morgan fingerprint density at radius 3 is 2.56 bits per heavy atom. The third-order valence-electron chi connectivity index (χ3n) is 4.13. The molecule has 1 fully saturated rings. The molecule has 0 aromatic heterocycles. The lowest BCUT2D eigenvalue weighted by atomic mass is 9.78. The standard InChI is InChI=1S/C13H28N2O2S/c1-11-7-6-8-13(12(11)2)15-18(16,17)10-5-4-9-14-3/h11-15H,4-10H2,1-3H3. The van der Waals surface area contributed by atoms with E-state index in [1.54, 1.807) is 0 Å². The van der Waals surface area contributed by atoms with Gasteiger partial charge in [-0.3, -0.25) is 0 Å². The van der Waals surface area contributed by atoms with Crippen LogP contribution in [-0.4, -0.2) is 33.8 Å². The van der Waals surface area contributed by atoms with Crippen molar-refractivity contribution in [1.82, 2.24) is 10.0 Å². The van der Waals surface area contributed by atoms with E-state index in [4.69, 9.17) is 0 Å². The largest absolute Gasteiger partial charge is 0.320 e. The van der Waals surface area contributed by atoms with E-state index in [1.165, 1.54) is 6.42 Å². The summed E-state index contributed by atoms with van der Waals surface area (Å²) in [5.41, 5.74) is 0. The van der Waals surface area contributed by atoms with Crippen LogP contribution in [0.3, 0.4) is 0 Å². The van der Waals surface area contributed by atoms with Gasteiger partial charge in [-0.15, -0.1) is 0 Å². The maximum Gasteiger partial charge on any atom is 0.211 e. The second-order valence-electron chi connectivity index (χ2n) is 5.62. The quantitative estimate of drug-likeness (QED) is 0.696. The molecule has 108 valence electrons. The van der Waals surface area contributed by atoms with Gasteiger partial charge in [-0.05, 0) is 44.7 Å². The van der Waals surface area contributed by atoms with Crippen LogP contribution in [0.5, 0.6) is 0 Å². The highest BCUT2D eigenvalue weighted by Crippen LogP contribution is 2.29. The second kappa shape index (κ2) is 7.46. The third kappa shape index (κ3) is 5.24. The summed E-state index contributed by atoms with van der Waals surface area (Å²) in [7, 11) is -1.21. The zero-order chi connectivity index (χ0) is 13.6. The Morgan fingerprint density at radius 2 is 1.89 bits per heavy atom. The minimum atomic E-state index is -3.10. The molecular formula is C13H28N2O2S. The van der Waals surface area contributed by atoms with Crippen LogP contribution in [-0.2, 0) is 10.0 Å². The van der Waals surface area contributed by atoms with Crippen LogP contribution in [0.4, 0.5) is 0 Å². The van der Waals surface area contributed by atoms with E-state index in [0.29, 0.717) is 11.8 Å². The Labute approximate surface area is 112 Å². The molecule has 18 heavy (non-hydrogen) atoms. The average Bonchev–Trinajstić information content (AvgIpc) is 2.31. The third-order valence-corrected chi connectivity index (χ3v) is 5.62. The molecule has 0 spiro atoms. The van der Waals surface area contributed by atoms with Gasteiger partial charge in [-0.25, -0.2) is 13.1 Å². The van der Waals surface area contributed by atoms with E-state index in [0.717, 1.165) is 32.2 Å². The number of hydrogen-bond acceptors (Lipinski definition) is 3. The van der Waals surface area contributed by atoms with E-state index in [-0.39, 0.29) is 11.8 Å². The number of nitrogens with one attached hydrogen (secondary N) is 2. The summed E-state index contributed by atoms with van der Waals surface area (Å²) < 4.78 is 26.9. The molecule has 2 N–H and O–H groups in total. The Balaban J connectivity index is 2.39. The van der Waals surface area contributed by atoms with Crippen LogP contribution in [0.2, 0.25) is 0 Å². The van der Waals surface area contributed by atoms with Crippen LogP contribution in [0.25, 0.3) is 0 Å². The molecule has 0 radical (unpaired) electrons. The first kappa shape index (κ1) is 15.9. The zero-order valence-electron chi connectivity index (χ0n) is 11.9. The summed E-state index contributed by atoms with van der Waals surface area (Å²) in [5.74, 6) is 1.33. The topological polar surface area (TPSA) is 58.2 Å². The molecule has 0 amide bonds. The number of hydrogen-bond donors (Lipinski definition) is 2. The van der Waals surface area contributed by atoms with Gasteiger partial charge in [0, 0.05) is 6.04 Å². The van der Waals surface area contributed by atoms with E-state index < -0.39 is 10.0 Å². The predicted octanol–water partition coefficient (Wildman–Crippen LogP) is 1.73. The van der Waals surface area contributed by atoms with Crippen molar-refractivity contribution in [2.45, 2.75) is 52.0 Å². The molecule has 3 atom stereocenters. The summed E-state index contributed by atoms with van der Waals surface area (Å²) in [6.45, 7) is 5.27. The van der Waals surface area contributed by atoms with E-state index >= 15 is 0 Å². The Kier molecular flexibility index (Phi) is 6.60. The molecule has 0 aliphatic heterocycles. The maximum absolute atomic E-state index is 12.0. The molecule has 3 unspecified atom stereocenters. The second-order valence-corrected chi connectivity index (χ2v) is 7.49. The van der Waals surface area contributed by atoms with Gasteiger partial charge in [-0.1, -0.05) is 26.7 Å². The van der Waals surface area contributed by atoms with E-state index in [9.17, 15) is 8.42 Å². The van der Waals surface area contributed by atoms with E-state index in [1.807, 2.05) is 7.05 Å². The predicted molar refractivity (Wildman–Crippen MR) is 76.1 cm³/mol. The van der Waals surface area contributed by atoms with Gasteiger partial charge in [0.05, 0.1) is 5.75 Å². The Hall–Kier alpha value is -0.130. The SMILES string of the molecule is CNCCCCS(=O)(=O)NC1CCCC(C)C1C. The minimum Gasteiger partial charge on any atom is -0.320 e. The van der Waals surface area contributed by atoms with Crippen molar-refractivity contribution in [2.75, 3.05) is 19.3 Å². The number of sulfonamides is 1. The van der Waals surface area contributed by atoms with Crippen LogP contribution >= 0.6 is 0 Å². The van der Waals surface area contributed by atoms with E-state index in [2.05, 4.69) is 23.9 Å². The number of unbranched alkanes of at least 4 members (excludes halogenated alkanes) is 1. The van der Waals surface area contributed by atoms with Crippen molar-refractivity contribution >= 4 is 10.0 Å². The van der Waals surface area contributed by atoms with Crippen molar-refractivity contribution < 1.29 is 8.42 Å². The lowest BCUT2D eigenvalue weighted by molar-refractivity contribution is 0.227. The molecule has 0 heterocycles. The van der Waals surface area contributed by atoms with Gasteiger partial charge >= 0.3 is 0 Å². The van der Waals surface area contributed by atoms with Crippen LogP contribution in [0.15, 0.2) is 0 Å². The van der Waals surface area contributed by atoms with Crippen molar-refractivity contribution in [3.05, 3.63) is 0 Å². The Bertz CT molecular complexity index is 330. The molecule has 1 aliphatic rings. The molecule has 1 aliphatic carbocycles. The molecule has 1 rings (SSSR count). The highest BCUT2D eigenvalue weighted by molar-refractivity contribution is 7.89.